The molecule has 5 heteroatoms. The van der Waals surface area contributed by atoms with E-state index in [0.717, 1.165) is 44.1 Å². The Morgan fingerprint density at radius 3 is 2.16 bits per heavy atom. The molecule has 5 nitrogen and oxygen atoms in total. The van der Waals surface area contributed by atoms with Crippen LogP contribution in [0.5, 0.6) is 5.75 Å². The van der Waals surface area contributed by atoms with E-state index in [2.05, 4.69) is 54.6 Å². The van der Waals surface area contributed by atoms with Gasteiger partial charge in [0, 0.05) is 18.0 Å². The third-order valence-corrected chi connectivity index (χ3v) is 7.76. The first-order valence-corrected chi connectivity index (χ1v) is 13.3. The Balaban J connectivity index is 1.26. The standard InChI is InChI=1S/C32H38N2O3/c1-34(2)32(22-19-25-11-5-3-6-12-25)23-20-28(21-24-32)33-30(35)18-17-26-13-9-10-16-29(26)37-31(36)27-14-7-4-8-15-27/h3-16,28H,17-24H2,1-2H3,(H,33,35). The molecule has 1 fully saturated rings. The van der Waals surface area contributed by atoms with Gasteiger partial charge >= 0.3 is 5.97 Å². The fourth-order valence-electron chi connectivity index (χ4n) is 5.33. The number of nitrogens with zero attached hydrogens (tertiary/aromatic N) is 1. The molecule has 0 spiro atoms. The van der Waals surface area contributed by atoms with Crippen LogP contribution >= 0.6 is 0 Å². The van der Waals surface area contributed by atoms with Gasteiger partial charge in [0.1, 0.15) is 5.75 Å². The van der Waals surface area contributed by atoms with E-state index in [9.17, 15) is 9.59 Å². The summed E-state index contributed by atoms with van der Waals surface area (Å²) in [6, 6.07) is 27.3. The van der Waals surface area contributed by atoms with Crippen LogP contribution < -0.4 is 10.1 Å². The molecule has 1 aliphatic carbocycles. The van der Waals surface area contributed by atoms with Crippen molar-refractivity contribution < 1.29 is 14.3 Å². The van der Waals surface area contributed by atoms with Gasteiger partial charge in [0.2, 0.25) is 5.91 Å². The van der Waals surface area contributed by atoms with E-state index in [1.54, 1.807) is 18.2 Å². The summed E-state index contributed by atoms with van der Waals surface area (Å²) in [7, 11) is 4.37. The van der Waals surface area contributed by atoms with Crippen LogP contribution in [-0.4, -0.2) is 42.5 Å². The third kappa shape index (κ3) is 7.30. The van der Waals surface area contributed by atoms with Crippen molar-refractivity contribution in [2.45, 2.75) is 62.9 Å². The number of esters is 1. The zero-order valence-electron chi connectivity index (χ0n) is 22.0. The van der Waals surface area contributed by atoms with E-state index >= 15 is 0 Å². The molecule has 0 aromatic heterocycles. The van der Waals surface area contributed by atoms with E-state index in [4.69, 9.17) is 4.74 Å². The summed E-state index contributed by atoms with van der Waals surface area (Å²) in [5.74, 6) is 0.170. The number of carbonyl (C=O) groups excluding carboxylic acids is 2. The molecule has 0 heterocycles. The second kappa shape index (κ2) is 12.7. The highest BCUT2D eigenvalue weighted by molar-refractivity contribution is 5.91. The highest BCUT2D eigenvalue weighted by Gasteiger charge is 2.37. The second-order valence-electron chi connectivity index (χ2n) is 10.3. The van der Waals surface area contributed by atoms with Gasteiger partial charge in [0.05, 0.1) is 5.56 Å². The lowest BCUT2D eigenvalue weighted by Gasteiger charge is -2.45. The predicted octanol–water partition coefficient (Wildman–Crippen LogP) is 5.83. The van der Waals surface area contributed by atoms with Gasteiger partial charge in [-0.3, -0.25) is 4.79 Å². The topological polar surface area (TPSA) is 58.6 Å². The summed E-state index contributed by atoms with van der Waals surface area (Å²) < 4.78 is 5.64. The first-order valence-electron chi connectivity index (χ1n) is 13.3. The molecule has 1 saturated carbocycles. The highest BCUT2D eigenvalue weighted by atomic mass is 16.5. The van der Waals surface area contributed by atoms with Crippen molar-refractivity contribution in [2.75, 3.05) is 14.1 Å². The molecule has 3 aromatic rings. The molecule has 4 rings (SSSR count). The molecule has 1 N–H and O–H groups in total. The molecule has 0 saturated heterocycles. The first-order chi connectivity index (χ1) is 17.9. The van der Waals surface area contributed by atoms with Crippen LogP contribution in [0, 0.1) is 0 Å². The summed E-state index contributed by atoms with van der Waals surface area (Å²) >= 11 is 0. The lowest BCUT2D eigenvalue weighted by Crippen LogP contribution is -2.51. The normalized spacial score (nSPS) is 19.4. The number of hydrogen-bond donors (Lipinski definition) is 1. The number of aryl methyl sites for hydroxylation is 2. The van der Waals surface area contributed by atoms with Gasteiger partial charge in [0.25, 0.3) is 0 Å². The molecule has 37 heavy (non-hydrogen) atoms. The smallest absolute Gasteiger partial charge is 0.343 e. The average molecular weight is 499 g/mol. The number of amides is 1. The van der Waals surface area contributed by atoms with Gasteiger partial charge in [0.15, 0.2) is 0 Å². The Kier molecular flexibility index (Phi) is 9.13. The predicted molar refractivity (Wildman–Crippen MR) is 148 cm³/mol. The average Bonchev–Trinajstić information content (AvgIpc) is 2.93. The number of nitrogens with one attached hydrogen (secondary N) is 1. The molecule has 0 aliphatic heterocycles. The number of para-hydroxylation sites is 1. The van der Waals surface area contributed by atoms with E-state index in [1.165, 1.54) is 5.56 Å². The zero-order valence-corrected chi connectivity index (χ0v) is 22.0. The van der Waals surface area contributed by atoms with E-state index in [1.807, 2.05) is 36.4 Å². The molecular weight excluding hydrogens is 460 g/mol. The summed E-state index contributed by atoms with van der Waals surface area (Å²) in [6.45, 7) is 0. The van der Waals surface area contributed by atoms with Gasteiger partial charge in [-0.05, 0) is 88.4 Å². The summed E-state index contributed by atoms with van der Waals surface area (Å²) in [6.07, 6.45) is 7.23. The Labute approximate surface area is 220 Å². The second-order valence-corrected chi connectivity index (χ2v) is 10.3. The first kappa shape index (κ1) is 26.6. The molecule has 0 bridgehead atoms. The van der Waals surface area contributed by atoms with Crippen molar-refractivity contribution in [2.24, 2.45) is 0 Å². The van der Waals surface area contributed by atoms with Crippen molar-refractivity contribution >= 4 is 11.9 Å². The summed E-state index contributed by atoms with van der Waals surface area (Å²) in [4.78, 5) is 27.7. The van der Waals surface area contributed by atoms with Crippen LogP contribution in [0.25, 0.3) is 0 Å². The minimum atomic E-state index is -0.392. The van der Waals surface area contributed by atoms with E-state index in [-0.39, 0.29) is 17.5 Å². The molecule has 0 radical (unpaired) electrons. The fourth-order valence-corrected chi connectivity index (χ4v) is 5.33. The SMILES string of the molecule is CN(C)C1(CCc2ccccc2)CCC(NC(=O)CCc2ccccc2OC(=O)c2ccccc2)CC1. The van der Waals surface area contributed by atoms with Crippen LogP contribution in [0.3, 0.4) is 0 Å². The van der Waals surface area contributed by atoms with Crippen LogP contribution in [-0.2, 0) is 17.6 Å². The minimum absolute atomic E-state index is 0.0517. The molecule has 1 amide bonds. The molecule has 1 aliphatic rings. The zero-order chi connectivity index (χ0) is 26.1. The molecule has 0 atom stereocenters. The van der Waals surface area contributed by atoms with Crippen molar-refractivity contribution in [3.05, 3.63) is 102 Å². The third-order valence-electron chi connectivity index (χ3n) is 7.76. The number of rotatable bonds is 10. The van der Waals surface area contributed by atoms with E-state index in [0.29, 0.717) is 24.2 Å². The quantitative estimate of drug-likeness (QED) is 0.282. The van der Waals surface area contributed by atoms with Crippen molar-refractivity contribution in [1.29, 1.82) is 0 Å². The van der Waals surface area contributed by atoms with Gasteiger partial charge < -0.3 is 15.0 Å². The highest BCUT2D eigenvalue weighted by Crippen LogP contribution is 2.36. The van der Waals surface area contributed by atoms with Crippen molar-refractivity contribution in [3.63, 3.8) is 0 Å². The Morgan fingerprint density at radius 1 is 0.865 bits per heavy atom. The van der Waals surface area contributed by atoms with Gasteiger partial charge in [-0.25, -0.2) is 4.79 Å². The maximum Gasteiger partial charge on any atom is 0.343 e. The molecule has 0 unspecified atom stereocenters. The van der Waals surface area contributed by atoms with E-state index < -0.39 is 5.97 Å². The van der Waals surface area contributed by atoms with Crippen LogP contribution in [0.15, 0.2) is 84.9 Å². The number of ether oxygens (including phenoxy) is 1. The molecule has 194 valence electrons. The van der Waals surface area contributed by atoms with Crippen molar-refractivity contribution in [1.82, 2.24) is 10.2 Å². The molecular formula is C32H38N2O3. The van der Waals surface area contributed by atoms with Crippen LogP contribution in [0.1, 0.15) is 60.0 Å². The van der Waals surface area contributed by atoms with Gasteiger partial charge in [-0.15, -0.1) is 0 Å². The van der Waals surface area contributed by atoms with Crippen LogP contribution in [0.4, 0.5) is 0 Å². The number of benzene rings is 3. The maximum atomic E-state index is 12.8. The number of carbonyl (C=O) groups is 2. The monoisotopic (exact) mass is 498 g/mol. The minimum Gasteiger partial charge on any atom is -0.423 e. The maximum absolute atomic E-state index is 12.8. The van der Waals surface area contributed by atoms with Gasteiger partial charge in [-0.1, -0.05) is 66.7 Å². The van der Waals surface area contributed by atoms with Crippen LogP contribution in [0.2, 0.25) is 0 Å². The lowest BCUT2D eigenvalue weighted by molar-refractivity contribution is -0.122. The summed E-state index contributed by atoms with van der Waals surface area (Å²) in [5, 5.41) is 3.26. The Morgan fingerprint density at radius 2 is 1.49 bits per heavy atom. The Bertz CT molecular complexity index is 1150. The Hall–Kier alpha value is -3.44. The number of hydrogen-bond acceptors (Lipinski definition) is 4. The lowest BCUT2D eigenvalue weighted by atomic mass is 9.75. The fraction of sp³-hybridized carbons (Fsp3) is 0.375. The molecule has 3 aromatic carbocycles. The van der Waals surface area contributed by atoms with Crippen molar-refractivity contribution in [3.8, 4) is 5.75 Å². The summed E-state index contributed by atoms with van der Waals surface area (Å²) in [5.41, 5.74) is 2.93. The largest absolute Gasteiger partial charge is 0.423 e. The van der Waals surface area contributed by atoms with Gasteiger partial charge in [-0.2, -0.15) is 0 Å².